The summed E-state index contributed by atoms with van der Waals surface area (Å²) in [7, 11) is 0. The van der Waals surface area contributed by atoms with Crippen LogP contribution in [0.1, 0.15) is 13.8 Å². The Morgan fingerprint density at radius 3 is 2.25 bits per heavy atom. The number of carbonyl (C=O) groups excluding carboxylic acids is 1. The van der Waals surface area contributed by atoms with E-state index in [1.807, 2.05) is 0 Å². The minimum atomic E-state index is -2.99. The molecule has 0 aliphatic carbocycles. The zero-order chi connectivity index (χ0) is 9.94. The van der Waals surface area contributed by atoms with E-state index in [2.05, 4.69) is 11.3 Å². The standard InChI is InChI=1S/C7H9FO4/c1-4(2)5(9)12-7(3,8)6(10)11/h1H2,2-3H3,(H,10,11). The number of hydrogen-bond donors (Lipinski definition) is 1. The van der Waals surface area contributed by atoms with Gasteiger partial charge < -0.3 is 9.84 Å². The predicted molar refractivity (Wildman–Crippen MR) is 38.1 cm³/mol. The van der Waals surface area contributed by atoms with Crippen LogP contribution in [0.4, 0.5) is 4.39 Å². The fraction of sp³-hybridized carbons (Fsp3) is 0.429. The summed E-state index contributed by atoms with van der Waals surface area (Å²) in [6.45, 7) is 5.09. The molecule has 0 heterocycles. The summed E-state index contributed by atoms with van der Waals surface area (Å²) in [5.74, 6) is -5.91. The number of carboxylic acid groups (broad SMARTS) is 1. The number of halogens is 1. The molecule has 0 amide bonds. The Labute approximate surface area is 68.6 Å². The molecule has 0 saturated carbocycles. The molecule has 0 spiro atoms. The minimum Gasteiger partial charge on any atom is -0.476 e. The van der Waals surface area contributed by atoms with Crippen molar-refractivity contribution in [2.24, 2.45) is 0 Å². The second-order valence-corrected chi connectivity index (χ2v) is 2.39. The molecule has 0 aromatic carbocycles. The van der Waals surface area contributed by atoms with Crippen LogP contribution in [0.5, 0.6) is 0 Å². The van der Waals surface area contributed by atoms with Crippen molar-refractivity contribution in [2.75, 3.05) is 0 Å². The molecule has 0 radical (unpaired) electrons. The van der Waals surface area contributed by atoms with Crippen LogP contribution in [0, 0.1) is 0 Å². The van der Waals surface area contributed by atoms with Gasteiger partial charge in [0.1, 0.15) is 0 Å². The van der Waals surface area contributed by atoms with Gasteiger partial charge in [0.05, 0.1) is 0 Å². The summed E-state index contributed by atoms with van der Waals surface area (Å²) in [4.78, 5) is 20.7. The average molecular weight is 176 g/mol. The lowest BCUT2D eigenvalue weighted by molar-refractivity contribution is -0.194. The maximum absolute atomic E-state index is 12.7. The molecular weight excluding hydrogens is 167 g/mol. The van der Waals surface area contributed by atoms with Crippen LogP contribution in [0.25, 0.3) is 0 Å². The van der Waals surface area contributed by atoms with Gasteiger partial charge in [0.25, 0.3) is 0 Å². The molecular formula is C7H9FO4. The van der Waals surface area contributed by atoms with Crippen molar-refractivity contribution in [2.45, 2.75) is 19.7 Å². The van der Waals surface area contributed by atoms with Crippen LogP contribution >= 0.6 is 0 Å². The summed E-state index contributed by atoms with van der Waals surface area (Å²) in [6.07, 6.45) is 0. The molecule has 1 atom stereocenters. The minimum absolute atomic E-state index is 0.0554. The van der Waals surface area contributed by atoms with Gasteiger partial charge in [0.15, 0.2) is 0 Å². The fourth-order valence-corrected chi connectivity index (χ4v) is 0.305. The summed E-state index contributed by atoms with van der Waals surface area (Å²) < 4.78 is 16.7. The van der Waals surface area contributed by atoms with Gasteiger partial charge in [-0.3, -0.25) is 0 Å². The number of ether oxygens (including phenoxy) is 1. The van der Waals surface area contributed by atoms with Crippen molar-refractivity contribution in [3.63, 3.8) is 0 Å². The molecule has 0 aliphatic rings. The first-order valence-corrected chi connectivity index (χ1v) is 3.08. The summed E-state index contributed by atoms with van der Waals surface area (Å²) in [5.41, 5.74) is -0.0554. The first kappa shape index (κ1) is 10.6. The smallest absolute Gasteiger partial charge is 0.381 e. The van der Waals surface area contributed by atoms with E-state index < -0.39 is 17.8 Å². The van der Waals surface area contributed by atoms with Gasteiger partial charge in [-0.1, -0.05) is 6.58 Å². The monoisotopic (exact) mass is 176 g/mol. The highest BCUT2D eigenvalue weighted by Crippen LogP contribution is 2.14. The van der Waals surface area contributed by atoms with Gasteiger partial charge >= 0.3 is 17.8 Å². The number of alkyl halides is 1. The van der Waals surface area contributed by atoms with Crippen LogP contribution in [0.3, 0.4) is 0 Å². The molecule has 0 fully saturated rings. The van der Waals surface area contributed by atoms with E-state index >= 15 is 0 Å². The van der Waals surface area contributed by atoms with Gasteiger partial charge in [0.2, 0.25) is 0 Å². The van der Waals surface area contributed by atoms with Crippen molar-refractivity contribution >= 4 is 11.9 Å². The quantitative estimate of drug-likeness (QED) is 0.512. The first-order chi connectivity index (χ1) is 5.27. The van der Waals surface area contributed by atoms with Crippen molar-refractivity contribution in [1.29, 1.82) is 0 Å². The predicted octanol–water partition coefficient (Wildman–Crippen LogP) is 0.876. The molecule has 1 unspecified atom stereocenters. The number of carbonyl (C=O) groups is 2. The summed E-state index contributed by atoms with van der Waals surface area (Å²) in [6, 6.07) is 0. The Bertz CT molecular complexity index is 232. The Morgan fingerprint density at radius 2 is 2.00 bits per heavy atom. The van der Waals surface area contributed by atoms with Crippen molar-refractivity contribution in [3.8, 4) is 0 Å². The zero-order valence-corrected chi connectivity index (χ0v) is 6.76. The van der Waals surface area contributed by atoms with Crippen LogP contribution < -0.4 is 0 Å². The van der Waals surface area contributed by atoms with Gasteiger partial charge in [-0.05, 0) is 6.92 Å². The third-order valence-corrected chi connectivity index (χ3v) is 1.01. The third-order valence-electron chi connectivity index (χ3n) is 1.01. The fourth-order valence-electron chi connectivity index (χ4n) is 0.305. The largest absolute Gasteiger partial charge is 0.476 e. The highest BCUT2D eigenvalue weighted by Gasteiger charge is 2.37. The molecule has 12 heavy (non-hydrogen) atoms. The summed E-state index contributed by atoms with van der Waals surface area (Å²) >= 11 is 0. The summed E-state index contributed by atoms with van der Waals surface area (Å²) in [5, 5.41) is 8.19. The van der Waals surface area contributed by atoms with E-state index in [1.165, 1.54) is 6.92 Å². The molecule has 0 bridgehead atoms. The SMILES string of the molecule is C=C(C)C(=O)OC(C)(F)C(=O)O. The molecule has 0 rings (SSSR count). The maximum Gasteiger partial charge on any atom is 0.381 e. The van der Waals surface area contributed by atoms with Crippen LogP contribution in [0.2, 0.25) is 0 Å². The molecule has 0 aliphatic heterocycles. The molecule has 0 saturated heterocycles. The van der Waals surface area contributed by atoms with E-state index in [1.54, 1.807) is 0 Å². The van der Waals surface area contributed by atoms with E-state index in [0.29, 0.717) is 6.92 Å². The number of hydrogen-bond acceptors (Lipinski definition) is 3. The first-order valence-electron chi connectivity index (χ1n) is 3.08. The second-order valence-electron chi connectivity index (χ2n) is 2.39. The van der Waals surface area contributed by atoms with E-state index in [-0.39, 0.29) is 5.57 Å². The van der Waals surface area contributed by atoms with E-state index in [9.17, 15) is 14.0 Å². The molecule has 1 N–H and O–H groups in total. The molecule has 0 aromatic heterocycles. The van der Waals surface area contributed by atoms with Gasteiger partial charge in [0, 0.05) is 12.5 Å². The number of carboxylic acids is 1. The van der Waals surface area contributed by atoms with Crippen LogP contribution in [-0.2, 0) is 14.3 Å². The van der Waals surface area contributed by atoms with Crippen molar-refractivity contribution in [3.05, 3.63) is 12.2 Å². The number of esters is 1. The lowest BCUT2D eigenvalue weighted by atomic mass is 10.3. The van der Waals surface area contributed by atoms with Gasteiger partial charge in [-0.2, -0.15) is 4.39 Å². The Morgan fingerprint density at radius 1 is 1.58 bits per heavy atom. The number of aliphatic carboxylic acids is 1. The lowest BCUT2D eigenvalue weighted by Gasteiger charge is -2.15. The molecule has 4 nitrogen and oxygen atoms in total. The lowest BCUT2D eigenvalue weighted by Crippen LogP contribution is -2.35. The van der Waals surface area contributed by atoms with Gasteiger partial charge in [-0.25, -0.2) is 9.59 Å². The maximum atomic E-state index is 12.7. The van der Waals surface area contributed by atoms with Crippen molar-refractivity contribution < 1.29 is 23.8 Å². The van der Waals surface area contributed by atoms with Crippen LogP contribution in [0.15, 0.2) is 12.2 Å². The second kappa shape index (κ2) is 3.34. The van der Waals surface area contributed by atoms with Gasteiger partial charge in [-0.15, -0.1) is 0 Å². The van der Waals surface area contributed by atoms with E-state index in [0.717, 1.165) is 0 Å². The molecule has 68 valence electrons. The molecule has 5 heteroatoms. The zero-order valence-electron chi connectivity index (χ0n) is 6.76. The number of rotatable bonds is 3. The Hall–Kier alpha value is -1.39. The molecule has 0 aromatic rings. The topological polar surface area (TPSA) is 63.6 Å². The normalized spacial score (nSPS) is 14.6. The average Bonchev–Trinajstić information content (AvgIpc) is 1.85. The van der Waals surface area contributed by atoms with Crippen LogP contribution in [-0.4, -0.2) is 22.9 Å². The van der Waals surface area contributed by atoms with Crippen molar-refractivity contribution in [1.82, 2.24) is 0 Å². The highest BCUT2D eigenvalue weighted by atomic mass is 19.2. The highest BCUT2D eigenvalue weighted by molar-refractivity contribution is 5.89. The Balaban J connectivity index is 4.35. The third kappa shape index (κ3) is 2.69. The Kier molecular flexibility index (Phi) is 2.95. The van der Waals surface area contributed by atoms with E-state index in [4.69, 9.17) is 5.11 Å².